The van der Waals surface area contributed by atoms with E-state index in [1.807, 2.05) is 32.0 Å². The number of hydrogen-bond acceptors (Lipinski definition) is 7. The molecule has 1 aromatic carbocycles. The predicted octanol–water partition coefficient (Wildman–Crippen LogP) is 2.67. The maximum Gasteiger partial charge on any atom is 0.332 e. The number of imidazole rings is 1. The number of aromatic nitrogens is 4. The Kier molecular flexibility index (Phi) is 7.37. The SMILES string of the molecule is C=C(C)S/C(Cn1c(Oc2cccc(C)c2)nc2c1c(=O)n(CCCO)c(=O)n2C)=N\C. The lowest BCUT2D eigenvalue weighted by Gasteiger charge is -2.12. The summed E-state index contributed by atoms with van der Waals surface area (Å²) in [4.78, 5) is 35.8. The molecule has 0 aliphatic heterocycles. The number of aryl methyl sites for hydroxylation is 2. The Labute approximate surface area is 189 Å². The van der Waals surface area contributed by atoms with Gasteiger partial charge in [-0.25, -0.2) is 4.79 Å². The molecule has 9 nitrogen and oxygen atoms in total. The van der Waals surface area contributed by atoms with Crippen molar-refractivity contribution >= 4 is 28.0 Å². The van der Waals surface area contributed by atoms with Crippen LogP contribution in [0, 0.1) is 6.92 Å². The van der Waals surface area contributed by atoms with Crippen LogP contribution in [0.5, 0.6) is 11.8 Å². The molecule has 0 amide bonds. The number of hydrogen-bond donors (Lipinski definition) is 1. The van der Waals surface area contributed by atoms with Crippen molar-refractivity contribution in [3.63, 3.8) is 0 Å². The summed E-state index contributed by atoms with van der Waals surface area (Å²) in [6, 6.07) is 7.66. The van der Waals surface area contributed by atoms with Crippen LogP contribution >= 0.6 is 11.8 Å². The van der Waals surface area contributed by atoms with Crippen LogP contribution in [0.3, 0.4) is 0 Å². The van der Waals surface area contributed by atoms with Crippen LogP contribution in [-0.2, 0) is 20.1 Å². The zero-order valence-corrected chi connectivity index (χ0v) is 19.5. The van der Waals surface area contributed by atoms with E-state index < -0.39 is 11.2 Å². The fourth-order valence-corrected chi connectivity index (χ4v) is 3.96. The first-order chi connectivity index (χ1) is 15.3. The van der Waals surface area contributed by atoms with Crippen LogP contribution in [0.25, 0.3) is 11.2 Å². The van der Waals surface area contributed by atoms with Gasteiger partial charge in [-0.2, -0.15) is 4.98 Å². The van der Waals surface area contributed by atoms with Gasteiger partial charge in [0.05, 0.1) is 11.6 Å². The first kappa shape index (κ1) is 23.6. The molecule has 0 unspecified atom stereocenters. The van der Waals surface area contributed by atoms with E-state index in [1.54, 1.807) is 24.7 Å². The fourth-order valence-electron chi connectivity index (χ4n) is 3.27. The number of benzene rings is 1. The molecular weight excluding hydrogens is 430 g/mol. The number of aliphatic imine (C=N–C) groups is 1. The number of ether oxygens (including phenoxy) is 1. The van der Waals surface area contributed by atoms with E-state index in [1.165, 1.54) is 16.3 Å². The van der Waals surface area contributed by atoms with E-state index in [-0.39, 0.29) is 43.3 Å². The minimum atomic E-state index is -0.497. The molecule has 0 radical (unpaired) electrons. The lowest BCUT2D eigenvalue weighted by atomic mass is 10.2. The summed E-state index contributed by atoms with van der Waals surface area (Å²) in [6.45, 7) is 7.93. The molecular formula is C22H27N5O4S. The summed E-state index contributed by atoms with van der Waals surface area (Å²) in [6.07, 6.45) is 0.286. The lowest BCUT2D eigenvalue weighted by Crippen LogP contribution is -2.40. The second kappa shape index (κ2) is 10.0. The monoisotopic (exact) mass is 457 g/mol. The van der Waals surface area contributed by atoms with Crippen molar-refractivity contribution in [3.05, 3.63) is 62.2 Å². The van der Waals surface area contributed by atoms with Crippen molar-refractivity contribution in [1.29, 1.82) is 0 Å². The molecule has 0 bridgehead atoms. The quantitative estimate of drug-likeness (QED) is 0.412. The van der Waals surface area contributed by atoms with E-state index in [0.29, 0.717) is 10.8 Å². The highest BCUT2D eigenvalue weighted by molar-refractivity contribution is 8.17. The number of thioether (sulfide) groups is 1. The van der Waals surface area contributed by atoms with Crippen LogP contribution < -0.4 is 16.0 Å². The maximum atomic E-state index is 13.3. The summed E-state index contributed by atoms with van der Waals surface area (Å²) in [5.41, 5.74) is 0.481. The van der Waals surface area contributed by atoms with E-state index in [2.05, 4.69) is 16.6 Å². The minimum absolute atomic E-state index is 0.104. The van der Waals surface area contributed by atoms with Crippen molar-refractivity contribution in [2.24, 2.45) is 12.0 Å². The van der Waals surface area contributed by atoms with Crippen molar-refractivity contribution < 1.29 is 9.84 Å². The van der Waals surface area contributed by atoms with E-state index in [0.717, 1.165) is 15.0 Å². The molecule has 0 saturated carbocycles. The third-order valence-electron chi connectivity index (χ3n) is 4.77. The first-order valence-corrected chi connectivity index (χ1v) is 10.9. The Morgan fingerprint density at radius 2 is 2.06 bits per heavy atom. The summed E-state index contributed by atoms with van der Waals surface area (Å²) in [5, 5.41) is 9.89. The minimum Gasteiger partial charge on any atom is -0.425 e. The largest absolute Gasteiger partial charge is 0.425 e. The molecule has 0 aliphatic carbocycles. The molecule has 3 rings (SSSR count). The van der Waals surface area contributed by atoms with Crippen LogP contribution in [0.1, 0.15) is 18.9 Å². The number of allylic oxidation sites excluding steroid dienone is 1. The summed E-state index contributed by atoms with van der Waals surface area (Å²) in [7, 11) is 3.23. The molecule has 2 aromatic heterocycles. The molecule has 1 N–H and O–H groups in total. The fraction of sp³-hybridized carbons (Fsp3) is 0.364. The number of nitrogens with zero attached hydrogens (tertiary/aromatic N) is 5. The Morgan fingerprint density at radius 3 is 2.69 bits per heavy atom. The second-order valence-corrected chi connectivity index (χ2v) is 8.74. The van der Waals surface area contributed by atoms with Gasteiger partial charge in [-0.3, -0.25) is 23.5 Å². The third-order valence-corrected chi connectivity index (χ3v) is 5.67. The highest BCUT2D eigenvalue weighted by Gasteiger charge is 2.22. The predicted molar refractivity (Wildman–Crippen MR) is 128 cm³/mol. The molecule has 0 spiro atoms. The molecule has 0 aliphatic rings. The normalized spacial score (nSPS) is 11.8. The molecule has 10 heteroatoms. The topological polar surface area (TPSA) is 104 Å². The smallest absolute Gasteiger partial charge is 0.332 e. The van der Waals surface area contributed by atoms with Gasteiger partial charge in [-0.15, -0.1) is 0 Å². The van der Waals surface area contributed by atoms with Crippen LogP contribution in [0.4, 0.5) is 0 Å². The van der Waals surface area contributed by atoms with Gasteiger partial charge >= 0.3 is 11.7 Å². The van der Waals surface area contributed by atoms with E-state index in [4.69, 9.17) is 4.74 Å². The zero-order valence-electron chi connectivity index (χ0n) is 18.7. The Hall–Kier alpha value is -3.11. The zero-order chi connectivity index (χ0) is 23.4. The first-order valence-electron chi connectivity index (χ1n) is 10.1. The highest BCUT2D eigenvalue weighted by atomic mass is 32.2. The van der Waals surface area contributed by atoms with Gasteiger partial charge in [0, 0.05) is 27.2 Å². The molecule has 32 heavy (non-hydrogen) atoms. The Balaban J connectivity index is 2.25. The van der Waals surface area contributed by atoms with Gasteiger partial charge in [0.2, 0.25) is 0 Å². The molecule has 170 valence electrons. The second-order valence-electron chi connectivity index (χ2n) is 7.37. The summed E-state index contributed by atoms with van der Waals surface area (Å²) in [5.74, 6) is 0.565. The van der Waals surface area contributed by atoms with Gasteiger partial charge in [-0.1, -0.05) is 30.5 Å². The molecule has 2 heterocycles. The third kappa shape index (κ3) is 4.86. The summed E-state index contributed by atoms with van der Waals surface area (Å²) >= 11 is 1.40. The molecule has 0 atom stereocenters. The average Bonchev–Trinajstić information content (AvgIpc) is 3.09. The van der Waals surface area contributed by atoms with E-state index >= 15 is 0 Å². The van der Waals surface area contributed by atoms with Crippen LogP contribution in [0.2, 0.25) is 0 Å². The lowest BCUT2D eigenvalue weighted by molar-refractivity contribution is 0.277. The van der Waals surface area contributed by atoms with E-state index in [9.17, 15) is 14.7 Å². The van der Waals surface area contributed by atoms with Crippen LogP contribution in [0.15, 0.2) is 50.3 Å². The standard InChI is InChI=1S/C22H27N5O4S/c1-14(2)32-17(23-4)13-27-18-19(24-21(27)31-16-9-6-8-15(3)12-16)25(5)22(30)26(20(18)29)10-7-11-28/h6,8-9,12,28H,1,7,10-11,13H2,2-5H3/b23-17-. The van der Waals surface area contributed by atoms with Crippen molar-refractivity contribution in [2.45, 2.75) is 33.4 Å². The van der Waals surface area contributed by atoms with Gasteiger partial charge in [-0.05, 0) is 42.9 Å². The Bertz CT molecular complexity index is 1300. The van der Waals surface area contributed by atoms with Crippen molar-refractivity contribution in [3.8, 4) is 11.8 Å². The number of aliphatic hydroxyl groups excluding tert-OH is 1. The number of aliphatic hydroxyl groups is 1. The number of rotatable bonds is 8. The van der Waals surface area contributed by atoms with Crippen molar-refractivity contribution in [2.75, 3.05) is 13.7 Å². The maximum absolute atomic E-state index is 13.3. The van der Waals surface area contributed by atoms with Gasteiger partial charge in [0.25, 0.3) is 5.56 Å². The summed E-state index contributed by atoms with van der Waals surface area (Å²) < 4.78 is 10.1. The van der Waals surface area contributed by atoms with Crippen LogP contribution in [-0.4, -0.2) is 42.5 Å². The average molecular weight is 458 g/mol. The van der Waals surface area contributed by atoms with Gasteiger partial charge < -0.3 is 9.84 Å². The van der Waals surface area contributed by atoms with Gasteiger partial charge in [0.1, 0.15) is 5.75 Å². The van der Waals surface area contributed by atoms with Gasteiger partial charge in [0.15, 0.2) is 11.2 Å². The number of fused-ring (bicyclic) bond motifs is 1. The molecule has 0 fully saturated rings. The highest BCUT2D eigenvalue weighted by Crippen LogP contribution is 2.26. The van der Waals surface area contributed by atoms with Crippen molar-refractivity contribution in [1.82, 2.24) is 18.7 Å². The molecule has 3 aromatic rings. The Morgan fingerprint density at radius 1 is 1.31 bits per heavy atom. The molecule has 0 saturated heterocycles.